The second kappa shape index (κ2) is 8.15. The van der Waals surface area contributed by atoms with E-state index in [-0.39, 0.29) is 29.1 Å². The van der Waals surface area contributed by atoms with Crippen molar-refractivity contribution in [1.29, 1.82) is 0 Å². The average molecular weight is 371 g/mol. The highest BCUT2D eigenvalue weighted by molar-refractivity contribution is 6.09. The summed E-state index contributed by atoms with van der Waals surface area (Å²) in [5.74, 6) is -0.479. The second-order valence-electron chi connectivity index (χ2n) is 7.75. The maximum absolute atomic E-state index is 12.9. The lowest BCUT2D eigenvalue weighted by atomic mass is 9.90. The minimum absolute atomic E-state index is 0.0677. The van der Waals surface area contributed by atoms with E-state index in [1.807, 2.05) is 24.3 Å². The van der Waals surface area contributed by atoms with Crippen LogP contribution in [0.25, 0.3) is 0 Å². The summed E-state index contributed by atoms with van der Waals surface area (Å²) in [6.07, 6.45) is 4.89. The number of rotatable bonds is 7. The third kappa shape index (κ3) is 3.73. The first-order valence-electron chi connectivity index (χ1n) is 9.98. The molecular weight excluding hydrogens is 342 g/mol. The summed E-state index contributed by atoms with van der Waals surface area (Å²) < 4.78 is 5.65. The zero-order valence-electron chi connectivity index (χ0n) is 16.4. The van der Waals surface area contributed by atoms with Crippen molar-refractivity contribution >= 4 is 11.7 Å². The van der Waals surface area contributed by atoms with Crippen molar-refractivity contribution in [2.75, 3.05) is 6.61 Å². The van der Waals surface area contributed by atoms with Crippen molar-refractivity contribution < 1.29 is 19.4 Å². The van der Waals surface area contributed by atoms with Crippen LogP contribution in [0, 0.1) is 5.92 Å². The predicted octanol–water partition coefficient (Wildman–Crippen LogP) is 4.34. The summed E-state index contributed by atoms with van der Waals surface area (Å²) in [4.78, 5) is 27.4. The molecule has 0 bridgehead atoms. The lowest BCUT2D eigenvalue weighted by Crippen LogP contribution is -2.38. The van der Waals surface area contributed by atoms with Crippen LogP contribution in [0.2, 0.25) is 0 Å². The van der Waals surface area contributed by atoms with E-state index in [9.17, 15) is 14.7 Å². The fraction of sp³-hybridized carbons (Fsp3) is 0.545. The number of hydrogen-bond donors (Lipinski definition) is 1. The van der Waals surface area contributed by atoms with Crippen LogP contribution in [0.5, 0.6) is 5.75 Å². The van der Waals surface area contributed by atoms with Crippen LogP contribution in [0.4, 0.5) is 0 Å². The number of aliphatic hydroxyl groups is 1. The molecule has 0 radical (unpaired) electrons. The highest BCUT2D eigenvalue weighted by Crippen LogP contribution is 2.43. The first-order chi connectivity index (χ1) is 13.0. The average Bonchev–Trinajstić information content (AvgIpc) is 3.27. The molecule has 0 saturated heterocycles. The van der Waals surface area contributed by atoms with Crippen LogP contribution in [0.3, 0.4) is 0 Å². The van der Waals surface area contributed by atoms with Crippen LogP contribution >= 0.6 is 0 Å². The summed E-state index contributed by atoms with van der Waals surface area (Å²) in [7, 11) is 0. The van der Waals surface area contributed by atoms with Gasteiger partial charge in [0.1, 0.15) is 5.75 Å². The molecule has 1 atom stereocenters. The number of ether oxygens (including phenoxy) is 1. The third-order valence-electron chi connectivity index (χ3n) is 5.42. The van der Waals surface area contributed by atoms with Crippen LogP contribution < -0.4 is 4.74 Å². The third-order valence-corrected chi connectivity index (χ3v) is 5.42. The standard InChI is InChI=1S/C22H29NO4/c1-4-13-27-17-11-9-15(10-12-17)19-18(20(24)14(2)3)21(25)22(26)23(19)16-7-5-6-8-16/h9-12,14,16,19,25H,4-8,13H2,1-3H3. The quantitative estimate of drug-likeness (QED) is 0.774. The predicted molar refractivity (Wildman–Crippen MR) is 104 cm³/mol. The molecule has 1 aromatic rings. The highest BCUT2D eigenvalue weighted by Gasteiger charge is 2.47. The van der Waals surface area contributed by atoms with E-state index in [1.54, 1.807) is 18.7 Å². The molecule has 0 aromatic heterocycles. The summed E-state index contributed by atoms with van der Waals surface area (Å²) >= 11 is 0. The van der Waals surface area contributed by atoms with E-state index in [0.29, 0.717) is 6.61 Å². The molecule has 146 valence electrons. The summed E-state index contributed by atoms with van der Waals surface area (Å²) in [6, 6.07) is 7.09. The van der Waals surface area contributed by atoms with E-state index >= 15 is 0 Å². The Labute approximate surface area is 161 Å². The molecule has 2 aliphatic rings. The molecule has 1 heterocycles. The number of benzene rings is 1. The SMILES string of the molecule is CCCOc1ccc(C2C(C(=O)C(C)C)=C(O)C(=O)N2C2CCCC2)cc1. The molecule has 1 N–H and O–H groups in total. The molecule has 5 nitrogen and oxygen atoms in total. The van der Waals surface area contributed by atoms with Gasteiger partial charge in [0.25, 0.3) is 5.91 Å². The number of ketones is 1. The van der Waals surface area contributed by atoms with E-state index in [2.05, 4.69) is 6.92 Å². The molecule has 1 saturated carbocycles. The van der Waals surface area contributed by atoms with Crippen molar-refractivity contribution in [2.24, 2.45) is 5.92 Å². The molecular formula is C22H29NO4. The highest BCUT2D eigenvalue weighted by atomic mass is 16.5. The molecule has 27 heavy (non-hydrogen) atoms. The Morgan fingerprint density at radius 3 is 2.41 bits per heavy atom. The first-order valence-corrected chi connectivity index (χ1v) is 9.98. The van der Waals surface area contributed by atoms with E-state index in [0.717, 1.165) is 43.4 Å². The molecule has 3 rings (SSSR count). The molecule has 1 aliphatic heterocycles. The maximum atomic E-state index is 12.9. The first kappa shape index (κ1) is 19.5. The van der Waals surface area contributed by atoms with Crippen molar-refractivity contribution in [3.63, 3.8) is 0 Å². The molecule has 5 heteroatoms. The second-order valence-corrected chi connectivity index (χ2v) is 7.75. The summed E-state index contributed by atoms with van der Waals surface area (Å²) in [6.45, 7) is 6.29. The van der Waals surface area contributed by atoms with Crippen molar-refractivity contribution in [2.45, 2.75) is 65.0 Å². The molecule has 1 aliphatic carbocycles. The zero-order chi connectivity index (χ0) is 19.6. The van der Waals surface area contributed by atoms with Gasteiger partial charge in [0.2, 0.25) is 0 Å². The van der Waals surface area contributed by atoms with Gasteiger partial charge in [-0.25, -0.2) is 0 Å². The smallest absolute Gasteiger partial charge is 0.290 e. The minimum Gasteiger partial charge on any atom is -0.503 e. The maximum Gasteiger partial charge on any atom is 0.290 e. The lowest BCUT2D eigenvalue weighted by Gasteiger charge is -2.32. The van der Waals surface area contributed by atoms with Gasteiger partial charge in [-0.2, -0.15) is 0 Å². The molecule has 1 unspecified atom stereocenters. The number of Topliss-reactive ketones (excluding diaryl/α,β-unsaturated/α-hetero) is 1. The van der Waals surface area contributed by atoms with Gasteiger partial charge in [0.15, 0.2) is 11.5 Å². The Morgan fingerprint density at radius 1 is 1.22 bits per heavy atom. The Bertz CT molecular complexity index is 729. The molecule has 1 aromatic carbocycles. The van der Waals surface area contributed by atoms with Gasteiger partial charge >= 0.3 is 0 Å². The molecule has 0 spiro atoms. The Hall–Kier alpha value is -2.30. The van der Waals surface area contributed by atoms with Gasteiger partial charge in [-0.3, -0.25) is 9.59 Å². The van der Waals surface area contributed by atoms with Crippen LogP contribution in [-0.2, 0) is 9.59 Å². The van der Waals surface area contributed by atoms with Crippen LogP contribution in [0.15, 0.2) is 35.6 Å². The fourth-order valence-electron chi connectivity index (χ4n) is 4.04. The number of nitrogens with zero attached hydrogens (tertiary/aromatic N) is 1. The van der Waals surface area contributed by atoms with E-state index in [1.165, 1.54) is 0 Å². The molecule has 1 amide bonds. The number of carbonyl (C=O) groups is 2. The topological polar surface area (TPSA) is 66.8 Å². The van der Waals surface area contributed by atoms with Crippen molar-refractivity contribution in [3.8, 4) is 5.75 Å². The number of amides is 1. The van der Waals surface area contributed by atoms with Crippen molar-refractivity contribution in [1.82, 2.24) is 4.90 Å². The van der Waals surface area contributed by atoms with Crippen LogP contribution in [0.1, 0.15) is 64.5 Å². The molecule has 1 fully saturated rings. The van der Waals surface area contributed by atoms with Gasteiger partial charge in [-0.1, -0.05) is 45.7 Å². The number of hydrogen-bond acceptors (Lipinski definition) is 4. The van der Waals surface area contributed by atoms with Gasteiger partial charge in [-0.05, 0) is 37.0 Å². The number of aliphatic hydroxyl groups excluding tert-OH is 1. The monoisotopic (exact) mass is 371 g/mol. The van der Waals surface area contributed by atoms with Gasteiger partial charge in [0, 0.05) is 12.0 Å². The van der Waals surface area contributed by atoms with Gasteiger partial charge < -0.3 is 14.7 Å². The van der Waals surface area contributed by atoms with E-state index in [4.69, 9.17) is 4.74 Å². The summed E-state index contributed by atoms with van der Waals surface area (Å²) in [5.41, 5.74) is 1.08. The largest absolute Gasteiger partial charge is 0.503 e. The minimum atomic E-state index is -0.518. The Morgan fingerprint density at radius 2 is 1.85 bits per heavy atom. The van der Waals surface area contributed by atoms with E-state index < -0.39 is 11.9 Å². The normalized spacial score (nSPS) is 20.8. The number of carbonyl (C=O) groups excluding carboxylic acids is 2. The Kier molecular flexibility index (Phi) is 5.88. The Balaban J connectivity index is 1.99. The van der Waals surface area contributed by atoms with Crippen molar-refractivity contribution in [3.05, 3.63) is 41.2 Å². The summed E-state index contributed by atoms with van der Waals surface area (Å²) in [5, 5.41) is 10.6. The van der Waals surface area contributed by atoms with Crippen LogP contribution in [-0.4, -0.2) is 34.3 Å². The van der Waals surface area contributed by atoms with Gasteiger partial charge in [0.05, 0.1) is 18.2 Å². The fourth-order valence-corrected chi connectivity index (χ4v) is 4.04. The zero-order valence-corrected chi connectivity index (χ0v) is 16.4. The van der Waals surface area contributed by atoms with Gasteiger partial charge in [-0.15, -0.1) is 0 Å². The lowest BCUT2D eigenvalue weighted by molar-refractivity contribution is -0.131.